The molecule has 0 aromatic heterocycles. The summed E-state index contributed by atoms with van der Waals surface area (Å²) in [6.45, 7) is 0.301. The van der Waals surface area contributed by atoms with Gasteiger partial charge in [-0.15, -0.1) is 0 Å². The topological polar surface area (TPSA) is 113 Å². The second-order valence-corrected chi connectivity index (χ2v) is 9.52. The van der Waals surface area contributed by atoms with E-state index >= 15 is 0 Å². The first kappa shape index (κ1) is 24.9. The number of alkyl halides is 3. The monoisotopic (exact) mass is 506 g/mol. The lowest BCUT2D eigenvalue weighted by atomic mass is 10.2. The molecule has 0 radical (unpaired) electrons. The predicted molar refractivity (Wildman–Crippen MR) is 113 cm³/mol. The maximum absolute atomic E-state index is 13.0. The lowest BCUT2D eigenvalue weighted by Crippen LogP contribution is -2.50. The molecule has 1 heterocycles. The molecule has 1 aliphatic rings. The summed E-state index contributed by atoms with van der Waals surface area (Å²) in [6, 6.07) is 7.75. The lowest BCUT2D eigenvalue weighted by Gasteiger charge is -2.33. The molecule has 2 aromatic carbocycles. The Morgan fingerprint density at radius 1 is 1.12 bits per heavy atom. The van der Waals surface area contributed by atoms with E-state index in [0.29, 0.717) is 0 Å². The van der Waals surface area contributed by atoms with Crippen molar-refractivity contribution in [3.63, 3.8) is 0 Å². The second kappa shape index (κ2) is 9.63. The Balaban J connectivity index is 1.59. The third-order valence-electron chi connectivity index (χ3n) is 4.92. The van der Waals surface area contributed by atoms with Gasteiger partial charge in [-0.2, -0.15) is 17.5 Å². The number of rotatable bonds is 6. The summed E-state index contributed by atoms with van der Waals surface area (Å²) < 4.78 is 65.6. The van der Waals surface area contributed by atoms with Gasteiger partial charge in [0.05, 0.1) is 26.9 Å². The zero-order chi connectivity index (χ0) is 24.4. The van der Waals surface area contributed by atoms with Gasteiger partial charge in [-0.3, -0.25) is 19.8 Å². The summed E-state index contributed by atoms with van der Waals surface area (Å²) in [5.41, 5.74) is -1.48. The Bertz CT molecular complexity index is 1170. The molecule has 0 spiro atoms. The van der Waals surface area contributed by atoms with E-state index in [4.69, 9.17) is 11.6 Å². The first-order chi connectivity index (χ1) is 15.4. The Morgan fingerprint density at radius 3 is 2.39 bits per heavy atom. The first-order valence-corrected chi connectivity index (χ1v) is 11.3. The van der Waals surface area contributed by atoms with Crippen LogP contribution in [-0.2, 0) is 21.0 Å². The van der Waals surface area contributed by atoms with E-state index in [9.17, 15) is 36.5 Å². The molecule has 1 fully saturated rings. The Morgan fingerprint density at radius 2 is 1.79 bits per heavy atom. The number of benzene rings is 2. The normalized spacial score (nSPS) is 15.9. The van der Waals surface area contributed by atoms with Gasteiger partial charge in [0.2, 0.25) is 15.9 Å². The highest BCUT2D eigenvalue weighted by atomic mass is 35.5. The number of carbonyl (C=O) groups excluding carboxylic acids is 1. The van der Waals surface area contributed by atoms with Crippen molar-refractivity contribution in [2.75, 3.05) is 38.0 Å². The van der Waals surface area contributed by atoms with Crippen LogP contribution in [0.5, 0.6) is 0 Å². The number of nitrogens with one attached hydrogen (secondary N) is 1. The number of amides is 1. The predicted octanol–water partition coefficient (Wildman–Crippen LogP) is 3.21. The third kappa shape index (κ3) is 5.99. The molecule has 14 heteroatoms. The van der Waals surface area contributed by atoms with Crippen molar-refractivity contribution in [3.8, 4) is 0 Å². The Hall–Kier alpha value is -2.74. The van der Waals surface area contributed by atoms with Crippen molar-refractivity contribution >= 4 is 38.9 Å². The third-order valence-corrected chi connectivity index (χ3v) is 7.14. The molecule has 2 aromatic rings. The number of nitrogens with zero attached hydrogens (tertiary/aromatic N) is 3. The van der Waals surface area contributed by atoms with Crippen molar-refractivity contribution in [2.45, 2.75) is 11.1 Å². The van der Waals surface area contributed by atoms with Gasteiger partial charge in [-0.1, -0.05) is 17.7 Å². The van der Waals surface area contributed by atoms with Crippen LogP contribution in [0.15, 0.2) is 47.4 Å². The molecule has 1 amide bonds. The molecule has 0 aliphatic carbocycles. The minimum atomic E-state index is -4.67. The molecule has 9 nitrogen and oxygen atoms in total. The number of sulfonamides is 1. The number of nitro benzene ring substituents is 1. The zero-order valence-electron chi connectivity index (χ0n) is 16.9. The average Bonchev–Trinajstić information content (AvgIpc) is 2.74. The molecule has 1 aliphatic heterocycles. The van der Waals surface area contributed by atoms with Crippen LogP contribution in [0.2, 0.25) is 5.02 Å². The summed E-state index contributed by atoms with van der Waals surface area (Å²) in [5, 5.41) is 12.8. The van der Waals surface area contributed by atoms with Crippen LogP contribution in [0.3, 0.4) is 0 Å². The fourth-order valence-electron chi connectivity index (χ4n) is 3.26. The van der Waals surface area contributed by atoms with E-state index in [-0.39, 0.29) is 49.0 Å². The molecule has 0 atom stereocenters. The van der Waals surface area contributed by atoms with Gasteiger partial charge in [0.15, 0.2) is 0 Å². The maximum Gasteiger partial charge on any atom is 0.417 e. The van der Waals surface area contributed by atoms with Gasteiger partial charge >= 0.3 is 6.18 Å². The molecule has 1 N–H and O–H groups in total. The van der Waals surface area contributed by atoms with E-state index in [2.05, 4.69) is 5.32 Å². The van der Waals surface area contributed by atoms with Crippen LogP contribution >= 0.6 is 11.6 Å². The van der Waals surface area contributed by atoms with Crippen LogP contribution in [-0.4, -0.2) is 61.2 Å². The molecular weight excluding hydrogens is 489 g/mol. The summed E-state index contributed by atoms with van der Waals surface area (Å²) in [4.78, 5) is 23.9. The number of anilines is 1. The molecular formula is C19H18ClF3N4O5S. The summed E-state index contributed by atoms with van der Waals surface area (Å²) in [6.07, 6.45) is -4.67. The molecule has 3 rings (SSSR count). The van der Waals surface area contributed by atoms with Crippen LogP contribution in [0.4, 0.5) is 24.5 Å². The van der Waals surface area contributed by atoms with Crippen molar-refractivity contribution in [3.05, 3.63) is 63.2 Å². The summed E-state index contributed by atoms with van der Waals surface area (Å²) >= 11 is 5.56. The molecule has 33 heavy (non-hydrogen) atoms. The molecule has 0 unspecified atom stereocenters. The number of nitro groups is 1. The smallest absolute Gasteiger partial charge is 0.325 e. The van der Waals surface area contributed by atoms with Crippen molar-refractivity contribution in [2.24, 2.45) is 0 Å². The second-order valence-electron chi connectivity index (χ2n) is 7.18. The number of piperazine rings is 1. The zero-order valence-corrected chi connectivity index (χ0v) is 18.5. The summed E-state index contributed by atoms with van der Waals surface area (Å²) in [7, 11) is -3.96. The van der Waals surface area contributed by atoms with E-state index in [1.165, 1.54) is 24.3 Å². The van der Waals surface area contributed by atoms with Crippen molar-refractivity contribution in [1.82, 2.24) is 9.21 Å². The van der Waals surface area contributed by atoms with E-state index < -0.39 is 37.6 Å². The maximum atomic E-state index is 13.0. The quantitative estimate of drug-likeness (QED) is 0.475. The molecule has 0 saturated carbocycles. The number of hydrogen-bond donors (Lipinski definition) is 1. The van der Waals surface area contributed by atoms with Gasteiger partial charge in [0.1, 0.15) is 0 Å². The van der Waals surface area contributed by atoms with Crippen LogP contribution < -0.4 is 5.32 Å². The minimum absolute atomic E-state index is 0.0392. The SMILES string of the molecule is O=C(CN1CCN(S(=O)(=O)c2cccc([N+](=O)[O-])c2)CC1)Nc1ccc(Cl)c(C(F)(F)F)c1. The summed E-state index contributed by atoms with van der Waals surface area (Å²) in [5.74, 6) is -0.569. The van der Waals surface area contributed by atoms with Gasteiger partial charge in [0, 0.05) is 44.0 Å². The highest BCUT2D eigenvalue weighted by Crippen LogP contribution is 2.36. The minimum Gasteiger partial charge on any atom is -0.325 e. The molecule has 1 saturated heterocycles. The highest BCUT2D eigenvalue weighted by Gasteiger charge is 2.34. The largest absolute Gasteiger partial charge is 0.417 e. The number of carbonyl (C=O) groups is 1. The Kier molecular flexibility index (Phi) is 7.26. The van der Waals surface area contributed by atoms with Crippen LogP contribution in [0.1, 0.15) is 5.56 Å². The van der Waals surface area contributed by atoms with Gasteiger partial charge < -0.3 is 5.32 Å². The van der Waals surface area contributed by atoms with E-state index in [1.54, 1.807) is 4.90 Å². The fraction of sp³-hybridized carbons (Fsp3) is 0.316. The van der Waals surface area contributed by atoms with Crippen LogP contribution in [0.25, 0.3) is 0 Å². The van der Waals surface area contributed by atoms with Crippen LogP contribution in [0, 0.1) is 10.1 Å². The molecule has 0 bridgehead atoms. The lowest BCUT2D eigenvalue weighted by molar-refractivity contribution is -0.385. The number of halogens is 4. The van der Waals surface area contributed by atoms with Gasteiger partial charge in [0.25, 0.3) is 5.69 Å². The Labute approximate surface area is 191 Å². The van der Waals surface area contributed by atoms with E-state index in [1.807, 2.05) is 0 Å². The number of hydrogen-bond acceptors (Lipinski definition) is 6. The highest BCUT2D eigenvalue weighted by molar-refractivity contribution is 7.89. The van der Waals surface area contributed by atoms with E-state index in [0.717, 1.165) is 22.5 Å². The number of non-ortho nitro benzene ring substituents is 1. The fourth-order valence-corrected chi connectivity index (χ4v) is 4.95. The first-order valence-electron chi connectivity index (χ1n) is 9.51. The van der Waals surface area contributed by atoms with Gasteiger partial charge in [-0.25, -0.2) is 8.42 Å². The van der Waals surface area contributed by atoms with Crippen molar-refractivity contribution in [1.29, 1.82) is 0 Å². The standard InChI is InChI=1S/C19H18ClF3N4O5S/c20-17-5-4-13(10-16(17)19(21,22)23)24-18(28)12-25-6-8-26(9-7-25)33(31,32)15-3-1-2-14(11-15)27(29)30/h1-5,10-11H,6-9,12H2,(H,24,28). The average molecular weight is 507 g/mol. The van der Waals surface area contributed by atoms with Crippen molar-refractivity contribution < 1.29 is 31.3 Å². The molecule has 178 valence electrons. The van der Waals surface area contributed by atoms with Gasteiger partial charge in [-0.05, 0) is 24.3 Å².